The lowest BCUT2D eigenvalue weighted by atomic mass is 10.2. The predicted molar refractivity (Wildman–Crippen MR) is 55.4 cm³/mol. The highest BCUT2D eigenvalue weighted by molar-refractivity contribution is 6.30. The third kappa shape index (κ3) is 4.48. The standard InChI is InChI=1S/C9H8ClF3N2O2/c10-5-3-6(8(16)17)7(15-4-5)14-2-1-9(11,12)13/h3-4H,1-2H2,(H,14,15)(H,16,17). The van der Waals surface area contributed by atoms with Gasteiger partial charge in [-0.05, 0) is 6.07 Å². The summed E-state index contributed by atoms with van der Waals surface area (Å²) in [6.45, 7) is -0.446. The van der Waals surface area contributed by atoms with Crippen LogP contribution < -0.4 is 5.32 Å². The molecule has 0 aliphatic carbocycles. The molecule has 0 aromatic carbocycles. The fraction of sp³-hybridized carbons (Fsp3) is 0.333. The number of carboxylic acid groups (broad SMARTS) is 1. The minimum Gasteiger partial charge on any atom is -0.478 e. The van der Waals surface area contributed by atoms with Gasteiger partial charge >= 0.3 is 12.1 Å². The Labute approximate surface area is 99.4 Å². The molecule has 2 N–H and O–H groups in total. The number of hydrogen-bond donors (Lipinski definition) is 2. The topological polar surface area (TPSA) is 62.2 Å². The highest BCUT2D eigenvalue weighted by Crippen LogP contribution is 2.21. The van der Waals surface area contributed by atoms with Gasteiger partial charge in [0.15, 0.2) is 0 Å². The number of carbonyl (C=O) groups is 1. The molecule has 0 amide bonds. The highest BCUT2D eigenvalue weighted by atomic mass is 35.5. The van der Waals surface area contributed by atoms with E-state index in [-0.39, 0.29) is 16.4 Å². The smallest absolute Gasteiger partial charge is 0.390 e. The van der Waals surface area contributed by atoms with Crippen molar-refractivity contribution >= 4 is 23.4 Å². The number of hydrogen-bond acceptors (Lipinski definition) is 3. The summed E-state index contributed by atoms with van der Waals surface area (Å²) < 4.78 is 35.7. The molecule has 0 radical (unpaired) electrons. The third-order valence-corrected chi connectivity index (χ3v) is 1.99. The van der Waals surface area contributed by atoms with Crippen molar-refractivity contribution in [3.63, 3.8) is 0 Å². The number of carboxylic acids is 1. The van der Waals surface area contributed by atoms with E-state index in [9.17, 15) is 18.0 Å². The van der Waals surface area contributed by atoms with Gasteiger partial charge in [-0.25, -0.2) is 9.78 Å². The lowest BCUT2D eigenvalue weighted by Crippen LogP contribution is -2.16. The number of nitrogens with one attached hydrogen (secondary N) is 1. The quantitative estimate of drug-likeness (QED) is 0.881. The van der Waals surface area contributed by atoms with Gasteiger partial charge in [-0.2, -0.15) is 13.2 Å². The molecule has 0 saturated carbocycles. The van der Waals surface area contributed by atoms with Crippen molar-refractivity contribution in [2.24, 2.45) is 0 Å². The van der Waals surface area contributed by atoms with E-state index in [1.54, 1.807) is 0 Å². The number of aromatic nitrogens is 1. The van der Waals surface area contributed by atoms with Gasteiger partial charge in [-0.3, -0.25) is 0 Å². The van der Waals surface area contributed by atoms with Gasteiger partial charge in [0.25, 0.3) is 0 Å². The van der Waals surface area contributed by atoms with E-state index < -0.39 is 25.1 Å². The van der Waals surface area contributed by atoms with Gasteiger partial charge in [0, 0.05) is 12.7 Å². The molecular weight excluding hydrogens is 261 g/mol. The Hall–Kier alpha value is -1.50. The fourth-order valence-electron chi connectivity index (χ4n) is 1.07. The Morgan fingerprint density at radius 2 is 2.18 bits per heavy atom. The van der Waals surface area contributed by atoms with Gasteiger partial charge in [0.05, 0.1) is 11.4 Å². The average Bonchev–Trinajstić information content (AvgIpc) is 2.18. The van der Waals surface area contributed by atoms with Crippen LogP contribution in [0.1, 0.15) is 16.8 Å². The Balaban J connectivity index is 2.74. The van der Waals surface area contributed by atoms with E-state index in [1.807, 2.05) is 0 Å². The van der Waals surface area contributed by atoms with Gasteiger partial charge in [-0.1, -0.05) is 11.6 Å². The maximum atomic E-state index is 11.9. The minimum absolute atomic E-state index is 0.101. The third-order valence-electron chi connectivity index (χ3n) is 1.79. The lowest BCUT2D eigenvalue weighted by molar-refractivity contribution is -0.131. The van der Waals surface area contributed by atoms with Crippen LogP contribution >= 0.6 is 11.6 Å². The maximum absolute atomic E-state index is 11.9. The van der Waals surface area contributed by atoms with E-state index >= 15 is 0 Å². The van der Waals surface area contributed by atoms with Crippen LogP contribution in [-0.4, -0.2) is 28.8 Å². The van der Waals surface area contributed by atoms with E-state index in [0.717, 1.165) is 12.3 Å². The maximum Gasteiger partial charge on any atom is 0.390 e. The first-order valence-corrected chi connectivity index (χ1v) is 4.87. The van der Waals surface area contributed by atoms with Crippen molar-refractivity contribution in [3.8, 4) is 0 Å². The largest absolute Gasteiger partial charge is 0.478 e. The van der Waals surface area contributed by atoms with Crippen LogP contribution in [0.3, 0.4) is 0 Å². The van der Waals surface area contributed by atoms with Crippen LogP contribution in [0.4, 0.5) is 19.0 Å². The lowest BCUT2D eigenvalue weighted by Gasteiger charge is -2.10. The molecule has 0 saturated heterocycles. The number of alkyl halides is 3. The summed E-state index contributed by atoms with van der Waals surface area (Å²) in [7, 11) is 0. The summed E-state index contributed by atoms with van der Waals surface area (Å²) in [6, 6.07) is 1.12. The number of rotatable bonds is 4. The first kappa shape index (κ1) is 13.6. The molecule has 17 heavy (non-hydrogen) atoms. The number of pyridine rings is 1. The van der Waals surface area contributed by atoms with Crippen molar-refractivity contribution in [2.75, 3.05) is 11.9 Å². The molecule has 0 aliphatic rings. The molecule has 0 fully saturated rings. The predicted octanol–water partition coefficient (Wildman–Crippen LogP) is 2.80. The molecule has 1 aromatic rings. The zero-order valence-corrected chi connectivity index (χ0v) is 9.14. The average molecular weight is 269 g/mol. The molecule has 0 atom stereocenters. The van der Waals surface area contributed by atoms with Gasteiger partial charge in [-0.15, -0.1) is 0 Å². The van der Waals surface area contributed by atoms with Gasteiger partial charge in [0.1, 0.15) is 11.4 Å². The fourth-order valence-corrected chi connectivity index (χ4v) is 1.22. The molecule has 4 nitrogen and oxygen atoms in total. The number of aromatic carboxylic acids is 1. The van der Waals surface area contributed by atoms with Gasteiger partial charge in [0.2, 0.25) is 0 Å². The molecule has 8 heteroatoms. The van der Waals surface area contributed by atoms with Crippen molar-refractivity contribution in [3.05, 3.63) is 22.8 Å². The first-order valence-electron chi connectivity index (χ1n) is 4.49. The molecule has 94 valence electrons. The SMILES string of the molecule is O=C(O)c1cc(Cl)cnc1NCCC(F)(F)F. The highest BCUT2D eigenvalue weighted by Gasteiger charge is 2.26. The number of anilines is 1. The normalized spacial score (nSPS) is 11.3. The second-order valence-electron chi connectivity index (χ2n) is 3.15. The van der Waals surface area contributed by atoms with E-state index in [0.29, 0.717) is 0 Å². The summed E-state index contributed by atoms with van der Waals surface area (Å²) in [5.41, 5.74) is -0.264. The zero-order valence-electron chi connectivity index (χ0n) is 8.38. The van der Waals surface area contributed by atoms with Crippen LogP contribution in [0.15, 0.2) is 12.3 Å². The second kappa shape index (κ2) is 5.22. The van der Waals surface area contributed by atoms with E-state index in [2.05, 4.69) is 10.3 Å². The van der Waals surface area contributed by atoms with Gasteiger partial charge < -0.3 is 10.4 Å². The summed E-state index contributed by atoms with van der Waals surface area (Å²) in [5.74, 6) is -1.44. The van der Waals surface area contributed by atoms with Crippen LogP contribution in [0.2, 0.25) is 5.02 Å². The van der Waals surface area contributed by atoms with Crippen LogP contribution in [0.5, 0.6) is 0 Å². The molecule has 0 aliphatic heterocycles. The first-order chi connectivity index (χ1) is 7.79. The molecule has 0 spiro atoms. The van der Waals surface area contributed by atoms with Crippen molar-refractivity contribution in [1.82, 2.24) is 4.98 Å². The van der Waals surface area contributed by atoms with Crippen molar-refractivity contribution < 1.29 is 23.1 Å². The Morgan fingerprint density at radius 1 is 1.53 bits per heavy atom. The van der Waals surface area contributed by atoms with Crippen molar-refractivity contribution in [2.45, 2.75) is 12.6 Å². The van der Waals surface area contributed by atoms with Crippen LogP contribution in [0, 0.1) is 0 Å². The Bertz CT molecular complexity index is 423. The molecule has 1 aromatic heterocycles. The molecule has 0 bridgehead atoms. The van der Waals surface area contributed by atoms with Crippen molar-refractivity contribution in [1.29, 1.82) is 0 Å². The summed E-state index contributed by atoms with van der Waals surface area (Å²) in [4.78, 5) is 14.4. The zero-order chi connectivity index (χ0) is 13.1. The van der Waals surface area contributed by atoms with E-state index in [4.69, 9.17) is 16.7 Å². The molecule has 1 rings (SSSR count). The summed E-state index contributed by atoms with van der Waals surface area (Å²) >= 11 is 5.53. The van der Waals surface area contributed by atoms with E-state index in [1.165, 1.54) is 0 Å². The monoisotopic (exact) mass is 268 g/mol. The molecular formula is C9H8ClF3N2O2. The Morgan fingerprint density at radius 3 is 2.71 bits per heavy atom. The number of nitrogens with zero attached hydrogens (tertiary/aromatic N) is 1. The number of halogens is 4. The molecule has 0 unspecified atom stereocenters. The van der Waals surface area contributed by atoms with Crippen LogP contribution in [-0.2, 0) is 0 Å². The second-order valence-corrected chi connectivity index (χ2v) is 3.58. The molecule has 1 heterocycles. The summed E-state index contributed by atoms with van der Waals surface area (Å²) in [6.07, 6.45) is -4.22. The Kier molecular flexibility index (Phi) is 4.17. The minimum atomic E-state index is -4.30. The summed E-state index contributed by atoms with van der Waals surface area (Å²) in [5, 5.41) is 11.2. The van der Waals surface area contributed by atoms with Crippen LogP contribution in [0.25, 0.3) is 0 Å².